The van der Waals surface area contributed by atoms with Crippen LogP contribution in [-0.2, 0) is 0 Å². The Kier molecular flexibility index (Phi) is 2.19. The third kappa shape index (κ3) is 1.65. The van der Waals surface area contributed by atoms with Gasteiger partial charge in [0.15, 0.2) is 0 Å². The van der Waals surface area contributed by atoms with Crippen LogP contribution in [0, 0.1) is 6.92 Å². The average molecular weight is 237 g/mol. The van der Waals surface area contributed by atoms with E-state index in [2.05, 4.69) is 20.9 Å². The second-order valence-corrected chi connectivity index (χ2v) is 3.73. The lowest BCUT2D eigenvalue weighted by atomic mass is 10.3. The van der Waals surface area contributed by atoms with Crippen LogP contribution in [0.25, 0.3) is 5.69 Å². The summed E-state index contributed by atoms with van der Waals surface area (Å²) in [6.07, 6.45) is 3.82. The van der Waals surface area contributed by atoms with E-state index in [4.69, 9.17) is 0 Å². The van der Waals surface area contributed by atoms with Gasteiger partial charge in [0.25, 0.3) is 0 Å². The lowest BCUT2D eigenvalue weighted by Gasteiger charge is -2.03. The van der Waals surface area contributed by atoms with Crippen LogP contribution in [0.4, 0.5) is 0 Å². The first-order valence-corrected chi connectivity index (χ1v) is 4.82. The van der Waals surface area contributed by atoms with E-state index >= 15 is 0 Å². The molecular formula is C10H9BrN2. The topological polar surface area (TPSA) is 17.8 Å². The van der Waals surface area contributed by atoms with Crippen LogP contribution in [0.2, 0.25) is 0 Å². The van der Waals surface area contributed by atoms with Gasteiger partial charge in [0.05, 0.1) is 17.7 Å². The third-order valence-corrected chi connectivity index (χ3v) is 2.51. The molecule has 1 aromatic carbocycles. The number of nitrogens with zero attached hydrogens (tertiary/aromatic N) is 2. The van der Waals surface area contributed by atoms with E-state index in [1.54, 1.807) is 0 Å². The standard InChI is InChI=1S/C10H9BrN2/c1-8-6-13(7-12-8)10-5-3-2-4-9(10)11/h2-7H,1H3. The van der Waals surface area contributed by atoms with Gasteiger partial charge in [-0.25, -0.2) is 4.98 Å². The molecule has 0 atom stereocenters. The first-order chi connectivity index (χ1) is 6.27. The summed E-state index contributed by atoms with van der Waals surface area (Å²) < 4.78 is 3.08. The summed E-state index contributed by atoms with van der Waals surface area (Å²) in [5.74, 6) is 0. The van der Waals surface area contributed by atoms with Crippen molar-refractivity contribution in [3.8, 4) is 5.69 Å². The Hall–Kier alpha value is -1.09. The molecule has 0 N–H and O–H groups in total. The Balaban J connectivity index is 2.52. The zero-order valence-corrected chi connectivity index (χ0v) is 8.82. The SMILES string of the molecule is Cc1cn(-c2ccccc2Br)cn1. The number of imidazole rings is 1. The minimum atomic E-state index is 1.02. The number of para-hydroxylation sites is 1. The molecule has 0 amide bonds. The van der Waals surface area contributed by atoms with Crippen molar-refractivity contribution in [2.75, 3.05) is 0 Å². The maximum Gasteiger partial charge on any atom is 0.0995 e. The highest BCUT2D eigenvalue weighted by Crippen LogP contribution is 2.20. The average Bonchev–Trinajstić information content (AvgIpc) is 2.53. The molecule has 0 saturated carbocycles. The Morgan fingerprint density at radius 1 is 1.31 bits per heavy atom. The van der Waals surface area contributed by atoms with Gasteiger partial charge < -0.3 is 4.57 Å². The largest absolute Gasteiger partial charge is 0.305 e. The molecule has 1 heterocycles. The van der Waals surface area contributed by atoms with E-state index in [0.717, 1.165) is 15.9 Å². The van der Waals surface area contributed by atoms with E-state index in [0.29, 0.717) is 0 Å². The molecule has 2 rings (SSSR count). The van der Waals surface area contributed by atoms with Crippen LogP contribution >= 0.6 is 15.9 Å². The minimum absolute atomic E-state index is 1.02. The Labute approximate surface area is 85.4 Å². The van der Waals surface area contributed by atoms with Crippen LogP contribution in [0.3, 0.4) is 0 Å². The quantitative estimate of drug-likeness (QED) is 0.745. The minimum Gasteiger partial charge on any atom is -0.305 e. The van der Waals surface area contributed by atoms with Crippen molar-refractivity contribution in [1.82, 2.24) is 9.55 Å². The lowest BCUT2D eigenvalue weighted by Crippen LogP contribution is -1.90. The summed E-state index contributed by atoms with van der Waals surface area (Å²) in [4.78, 5) is 4.18. The van der Waals surface area contributed by atoms with Crippen LogP contribution in [0.1, 0.15) is 5.69 Å². The van der Waals surface area contributed by atoms with Gasteiger partial charge in [0.2, 0.25) is 0 Å². The van der Waals surface area contributed by atoms with E-state index < -0.39 is 0 Å². The van der Waals surface area contributed by atoms with E-state index in [-0.39, 0.29) is 0 Å². The summed E-state index contributed by atoms with van der Waals surface area (Å²) in [5.41, 5.74) is 2.14. The Morgan fingerprint density at radius 3 is 2.69 bits per heavy atom. The van der Waals surface area contributed by atoms with Gasteiger partial charge in [-0.3, -0.25) is 0 Å². The maximum atomic E-state index is 4.18. The highest BCUT2D eigenvalue weighted by molar-refractivity contribution is 9.10. The van der Waals surface area contributed by atoms with Crippen LogP contribution in [0.15, 0.2) is 41.3 Å². The summed E-state index contributed by atoms with van der Waals surface area (Å²) in [6.45, 7) is 1.98. The van der Waals surface area contributed by atoms with Gasteiger partial charge in [-0.2, -0.15) is 0 Å². The molecule has 2 nitrogen and oxygen atoms in total. The second-order valence-electron chi connectivity index (χ2n) is 2.87. The smallest absolute Gasteiger partial charge is 0.0995 e. The zero-order valence-electron chi connectivity index (χ0n) is 7.24. The molecular weight excluding hydrogens is 228 g/mol. The molecule has 0 fully saturated rings. The van der Waals surface area contributed by atoms with Crippen molar-refractivity contribution in [1.29, 1.82) is 0 Å². The predicted molar refractivity (Wildman–Crippen MR) is 56.0 cm³/mol. The van der Waals surface area contributed by atoms with Gasteiger partial charge in [-0.15, -0.1) is 0 Å². The maximum absolute atomic E-state index is 4.18. The molecule has 0 radical (unpaired) electrons. The molecule has 0 unspecified atom stereocenters. The van der Waals surface area contributed by atoms with Gasteiger partial charge in [-0.05, 0) is 35.0 Å². The van der Waals surface area contributed by atoms with Crippen LogP contribution < -0.4 is 0 Å². The monoisotopic (exact) mass is 236 g/mol. The fraction of sp³-hybridized carbons (Fsp3) is 0.100. The highest BCUT2D eigenvalue weighted by atomic mass is 79.9. The molecule has 0 bridgehead atoms. The Bertz CT molecular complexity index is 420. The van der Waals surface area contributed by atoms with E-state index in [1.807, 2.05) is 48.3 Å². The summed E-state index contributed by atoms with van der Waals surface area (Å²) >= 11 is 3.49. The number of aryl methyl sites for hydroxylation is 1. The number of hydrogen-bond donors (Lipinski definition) is 0. The van der Waals surface area contributed by atoms with Gasteiger partial charge >= 0.3 is 0 Å². The molecule has 66 valence electrons. The second kappa shape index (κ2) is 3.34. The van der Waals surface area contributed by atoms with Gasteiger partial charge in [0.1, 0.15) is 0 Å². The van der Waals surface area contributed by atoms with Crippen molar-refractivity contribution < 1.29 is 0 Å². The number of halogens is 1. The van der Waals surface area contributed by atoms with Crippen LogP contribution in [-0.4, -0.2) is 9.55 Å². The Morgan fingerprint density at radius 2 is 2.08 bits per heavy atom. The van der Waals surface area contributed by atoms with Crippen molar-refractivity contribution in [3.63, 3.8) is 0 Å². The molecule has 0 spiro atoms. The number of rotatable bonds is 1. The molecule has 0 aliphatic rings. The fourth-order valence-electron chi connectivity index (χ4n) is 1.21. The molecule has 3 heteroatoms. The normalized spacial score (nSPS) is 10.3. The molecule has 13 heavy (non-hydrogen) atoms. The lowest BCUT2D eigenvalue weighted by molar-refractivity contribution is 1.05. The van der Waals surface area contributed by atoms with Gasteiger partial charge in [-0.1, -0.05) is 12.1 Å². The fourth-order valence-corrected chi connectivity index (χ4v) is 1.70. The van der Waals surface area contributed by atoms with E-state index in [1.165, 1.54) is 0 Å². The third-order valence-electron chi connectivity index (χ3n) is 1.84. The first-order valence-electron chi connectivity index (χ1n) is 4.03. The summed E-state index contributed by atoms with van der Waals surface area (Å²) in [7, 11) is 0. The molecule has 0 saturated heterocycles. The number of benzene rings is 1. The zero-order chi connectivity index (χ0) is 9.26. The molecule has 1 aromatic heterocycles. The highest BCUT2D eigenvalue weighted by Gasteiger charge is 2.00. The summed E-state index contributed by atoms with van der Waals surface area (Å²) in [6, 6.07) is 8.07. The van der Waals surface area contributed by atoms with Gasteiger partial charge in [0, 0.05) is 10.7 Å². The molecule has 2 aromatic rings. The van der Waals surface area contributed by atoms with Crippen molar-refractivity contribution >= 4 is 15.9 Å². The van der Waals surface area contributed by atoms with Crippen molar-refractivity contribution in [3.05, 3.63) is 47.0 Å². The molecule has 0 aliphatic heterocycles. The molecule has 0 aliphatic carbocycles. The first kappa shape index (κ1) is 8.51. The van der Waals surface area contributed by atoms with Crippen molar-refractivity contribution in [2.24, 2.45) is 0 Å². The van der Waals surface area contributed by atoms with Crippen LogP contribution in [0.5, 0.6) is 0 Å². The van der Waals surface area contributed by atoms with E-state index in [9.17, 15) is 0 Å². The number of aromatic nitrogens is 2. The van der Waals surface area contributed by atoms with Crippen molar-refractivity contribution in [2.45, 2.75) is 6.92 Å². The predicted octanol–water partition coefficient (Wildman–Crippen LogP) is 2.94. The summed E-state index contributed by atoms with van der Waals surface area (Å²) in [5, 5.41) is 0. The number of hydrogen-bond acceptors (Lipinski definition) is 1.